The number of hydrogen-bond donors (Lipinski definition) is 0. The molecule has 0 rings (SSSR count). The molecule has 0 aliphatic carbocycles. The summed E-state index contributed by atoms with van der Waals surface area (Å²) in [6, 6.07) is 0. The van der Waals surface area contributed by atoms with Gasteiger partial charge >= 0.3 is 5.97 Å². The average Bonchev–Trinajstić information content (AvgIpc) is 3.18. The number of ether oxygens (including phenoxy) is 1. The first kappa shape index (κ1) is 53.2. The van der Waals surface area contributed by atoms with Crippen LogP contribution in [0.2, 0.25) is 0 Å². The van der Waals surface area contributed by atoms with Gasteiger partial charge in [-0.1, -0.05) is 276 Å². The van der Waals surface area contributed by atoms with Gasteiger partial charge in [0.15, 0.2) is 0 Å². The fourth-order valence-corrected chi connectivity index (χ4v) is 8.08. The molecule has 0 spiro atoms. The first-order valence-electron chi connectivity index (χ1n) is 25.6. The normalized spacial score (nSPS) is 11.7. The Bertz CT molecular complexity index is 698. The second kappa shape index (κ2) is 50.2. The van der Waals surface area contributed by atoms with E-state index in [1.807, 2.05) is 0 Å². The van der Waals surface area contributed by atoms with Gasteiger partial charge in [0.1, 0.15) is 0 Å². The summed E-state index contributed by atoms with van der Waals surface area (Å²) in [4.78, 5) is 12.1. The van der Waals surface area contributed by atoms with Gasteiger partial charge < -0.3 is 4.74 Å². The van der Waals surface area contributed by atoms with E-state index in [-0.39, 0.29) is 5.97 Å². The molecular formula is C52H102O2. The molecule has 0 amide bonds. The standard InChI is InChI=1S/C52H102O2/c1-3-5-7-9-11-13-15-17-19-21-23-25-26-27-28-29-30-31-32-34-36-38-40-42-44-46-48-50-52(53)54-51-49-47-45-43-41-39-37-35-33-24-22-20-18-16-14-12-10-8-6-4-2/h18,20H,3-17,19,21-51H2,1-2H3/b20-18-. The summed E-state index contributed by atoms with van der Waals surface area (Å²) in [7, 11) is 0. The molecular weight excluding hydrogens is 657 g/mol. The molecule has 0 aromatic rings. The zero-order valence-corrected chi connectivity index (χ0v) is 37.7. The van der Waals surface area contributed by atoms with Crippen LogP contribution in [0.3, 0.4) is 0 Å². The fourth-order valence-electron chi connectivity index (χ4n) is 8.08. The number of allylic oxidation sites excluding steroid dienone is 2. The minimum Gasteiger partial charge on any atom is -0.466 e. The van der Waals surface area contributed by atoms with Crippen molar-refractivity contribution in [2.75, 3.05) is 6.61 Å². The van der Waals surface area contributed by atoms with E-state index >= 15 is 0 Å². The highest BCUT2D eigenvalue weighted by molar-refractivity contribution is 5.69. The maximum absolute atomic E-state index is 12.1. The molecule has 0 fully saturated rings. The van der Waals surface area contributed by atoms with E-state index < -0.39 is 0 Å². The van der Waals surface area contributed by atoms with Crippen LogP contribution in [0.5, 0.6) is 0 Å². The zero-order valence-electron chi connectivity index (χ0n) is 37.7. The predicted octanol–water partition coefficient (Wildman–Crippen LogP) is 19.1. The third-order valence-corrected chi connectivity index (χ3v) is 11.9. The van der Waals surface area contributed by atoms with Crippen LogP contribution in [0.25, 0.3) is 0 Å². The Labute approximate surface area is 342 Å². The lowest BCUT2D eigenvalue weighted by molar-refractivity contribution is -0.143. The third kappa shape index (κ3) is 49.2. The Hall–Kier alpha value is -0.790. The number of rotatable bonds is 48. The van der Waals surface area contributed by atoms with Crippen LogP contribution in [0.15, 0.2) is 12.2 Å². The Morgan fingerprint density at radius 1 is 0.296 bits per heavy atom. The average molecular weight is 759 g/mol. The predicted molar refractivity (Wildman–Crippen MR) is 244 cm³/mol. The van der Waals surface area contributed by atoms with E-state index in [2.05, 4.69) is 26.0 Å². The first-order valence-corrected chi connectivity index (χ1v) is 25.6. The van der Waals surface area contributed by atoms with Crippen molar-refractivity contribution in [3.8, 4) is 0 Å². The van der Waals surface area contributed by atoms with Crippen LogP contribution in [0.4, 0.5) is 0 Å². The smallest absolute Gasteiger partial charge is 0.305 e. The van der Waals surface area contributed by atoms with Crippen molar-refractivity contribution in [1.82, 2.24) is 0 Å². The van der Waals surface area contributed by atoms with Gasteiger partial charge in [-0.05, 0) is 38.5 Å². The van der Waals surface area contributed by atoms with Crippen molar-refractivity contribution in [3.05, 3.63) is 12.2 Å². The van der Waals surface area contributed by atoms with Crippen molar-refractivity contribution in [1.29, 1.82) is 0 Å². The summed E-state index contributed by atoms with van der Waals surface area (Å²) in [6.07, 6.45) is 67.9. The van der Waals surface area contributed by atoms with Crippen molar-refractivity contribution >= 4 is 5.97 Å². The number of hydrogen-bond acceptors (Lipinski definition) is 2. The zero-order chi connectivity index (χ0) is 38.9. The van der Waals surface area contributed by atoms with Gasteiger partial charge in [0.25, 0.3) is 0 Å². The van der Waals surface area contributed by atoms with Gasteiger partial charge in [-0.3, -0.25) is 4.79 Å². The fraction of sp³-hybridized carbons (Fsp3) is 0.942. The van der Waals surface area contributed by atoms with Gasteiger partial charge in [0.05, 0.1) is 6.61 Å². The molecule has 0 aliphatic rings. The van der Waals surface area contributed by atoms with E-state index in [0.717, 1.165) is 12.8 Å². The molecule has 54 heavy (non-hydrogen) atoms. The van der Waals surface area contributed by atoms with Gasteiger partial charge in [0.2, 0.25) is 0 Å². The molecule has 0 aromatic carbocycles. The van der Waals surface area contributed by atoms with E-state index in [1.54, 1.807) is 0 Å². The van der Waals surface area contributed by atoms with Crippen molar-refractivity contribution < 1.29 is 9.53 Å². The third-order valence-electron chi connectivity index (χ3n) is 11.9. The van der Waals surface area contributed by atoms with Crippen molar-refractivity contribution in [2.45, 2.75) is 309 Å². The second-order valence-corrected chi connectivity index (χ2v) is 17.5. The van der Waals surface area contributed by atoms with Gasteiger partial charge in [0, 0.05) is 6.42 Å². The Morgan fingerprint density at radius 2 is 0.519 bits per heavy atom. The minimum absolute atomic E-state index is 0.0304. The molecule has 0 radical (unpaired) electrons. The molecule has 2 nitrogen and oxygen atoms in total. The summed E-state index contributed by atoms with van der Waals surface area (Å²) < 4.78 is 5.49. The minimum atomic E-state index is 0.0304. The topological polar surface area (TPSA) is 26.3 Å². The molecule has 0 atom stereocenters. The highest BCUT2D eigenvalue weighted by Crippen LogP contribution is 2.17. The second-order valence-electron chi connectivity index (χ2n) is 17.5. The summed E-state index contributed by atoms with van der Waals surface area (Å²) in [5.41, 5.74) is 0. The van der Waals surface area contributed by atoms with E-state index in [1.165, 1.54) is 276 Å². The highest BCUT2D eigenvalue weighted by Gasteiger charge is 2.03. The van der Waals surface area contributed by atoms with E-state index in [4.69, 9.17) is 4.74 Å². The first-order chi connectivity index (χ1) is 26.8. The van der Waals surface area contributed by atoms with Crippen molar-refractivity contribution in [3.63, 3.8) is 0 Å². The molecule has 0 unspecified atom stereocenters. The van der Waals surface area contributed by atoms with Gasteiger partial charge in [-0.25, -0.2) is 0 Å². The Balaban J connectivity index is 3.16. The molecule has 0 saturated heterocycles. The Morgan fingerprint density at radius 3 is 0.796 bits per heavy atom. The van der Waals surface area contributed by atoms with Crippen LogP contribution in [0, 0.1) is 0 Å². The molecule has 0 heterocycles. The number of carbonyl (C=O) groups excluding carboxylic acids is 1. The molecule has 322 valence electrons. The van der Waals surface area contributed by atoms with Crippen LogP contribution in [-0.4, -0.2) is 12.6 Å². The molecule has 0 aromatic heterocycles. The summed E-state index contributed by atoms with van der Waals surface area (Å²) in [5, 5.41) is 0. The lowest BCUT2D eigenvalue weighted by Gasteiger charge is -2.06. The quantitative estimate of drug-likeness (QED) is 0.0351. The van der Waals surface area contributed by atoms with Gasteiger partial charge in [-0.2, -0.15) is 0 Å². The largest absolute Gasteiger partial charge is 0.466 e. The number of unbranched alkanes of at least 4 members (excludes halogenated alkanes) is 42. The maximum Gasteiger partial charge on any atom is 0.305 e. The van der Waals surface area contributed by atoms with Crippen LogP contribution in [-0.2, 0) is 9.53 Å². The van der Waals surface area contributed by atoms with E-state index in [9.17, 15) is 4.79 Å². The number of esters is 1. The monoisotopic (exact) mass is 759 g/mol. The number of carbonyl (C=O) groups is 1. The summed E-state index contributed by atoms with van der Waals surface area (Å²) in [5.74, 6) is 0.0304. The van der Waals surface area contributed by atoms with Gasteiger partial charge in [-0.15, -0.1) is 0 Å². The van der Waals surface area contributed by atoms with Crippen LogP contribution in [0.1, 0.15) is 309 Å². The summed E-state index contributed by atoms with van der Waals surface area (Å²) in [6.45, 7) is 5.23. The van der Waals surface area contributed by atoms with Crippen LogP contribution >= 0.6 is 0 Å². The summed E-state index contributed by atoms with van der Waals surface area (Å²) >= 11 is 0. The molecule has 0 aliphatic heterocycles. The maximum atomic E-state index is 12.1. The molecule has 0 bridgehead atoms. The molecule has 0 N–H and O–H groups in total. The highest BCUT2D eigenvalue weighted by atomic mass is 16.5. The Kier molecular flexibility index (Phi) is 49.5. The lowest BCUT2D eigenvalue weighted by Crippen LogP contribution is -2.05. The SMILES string of the molecule is CCCCCCCC/C=C\CCCCCCCCCCCCOC(=O)CCCCCCCCCCCCCCCCCCCCCCCCCCCCC. The van der Waals surface area contributed by atoms with Crippen molar-refractivity contribution in [2.24, 2.45) is 0 Å². The van der Waals surface area contributed by atoms with E-state index in [0.29, 0.717) is 13.0 Å². The van der Waals surface area contributed by atoms with Crippen LogP contribution < -0.4 is 0 Å². The molecule has 0 saturated carbocycles. The lowest BCUT2D eigenvalue weighted by atomic mass is 10.0. The molecule has 2 heteroatoms.